The quantitative estimate of drug-likeness (QED) is 0.473. The zero-order chi connectivity index (χ0) is 15.7. The van der Waals surface area contributed by atoms with Crippen molar-refractivity contribution in [1.82, 2.24) is 5.32 Å². The van der Waals surface area contributed by atoms with Crippen LogP contribution >= 0.6 is 0 Å². The number of esters is 1. The first-order chi connectivity index (χ1) is 10.0. The summed E-state index contributed by atoms with van der Waals surface area (Å²) in [4.78, 5) is 22.5. The number of hydrogen-bond donors (Lipinski definition) is 1. The van der Waals surface area contributed by atoms with Crippen molar-refractivity contribution in [1.29, 1.82) is 0 Å². The van der Waals surface area contributed by atoms with E-state index in [1.807, 2.05) is 0 Å². The molecular formula is C15H18FNO4. The number of carbonyl (C=O) groups is 2. The van der Waals surface area contributed by atoms with Crippen LogP contribution < -0.4 is 10.1 Å². The van der Waals surface area contributed by atoms with Crippen LogP contribution in [0, 0.1) is 5.82 Å². The van der Waals surface area contributed by atoms with Crippen LogP contribution in [-0.4, -0.2) is 31.6 Å². The number of benzene rings is 1. The molecule has 0 fully saturated rings. The smallest absolute Gasteiger partial charge is 0.330 e. The van der Waals surface area contributed by atoms with Gasteiger partial charge in [-0.2, -0.15) is 0 Å². The summed E-state index contributed by atoms with van der Waals surface area (Å²) in [5, 5.41) is 2.65. The van der Waals surface area contributed by atoms with Gasteiger partial charge in [-0.1, -0.05) is 12.1 Å². The maximum absolute atomic E-state index is 13.0. The van der Waals surface area contributed by atoms with Gasteiger partial charge in [-0.15, -0.1) is 0 Å². The van der Waals surface area contributed by atoms with E-state index in [0.717, 1.165) is 0 Å². The summed E-state index contributed by atoms with van der Waals surface area (Å²) in [6.45, 7) is 1.94. The minimum absolute atomic E-state index is 0.295. The number of methoxy groups -OCH3 is 1. The highest BCUT2D eigenvalue weighted by Crippen LogP contribution is 2.13. The number of halogens is 1. The van der Waals surface area contributed by atoms with Crippen LogP contribution in [-0.2, 0) is 14.3 Å². The summed E-state index contributed by atoms with van der Waals surface area (Å²) < 4.78 is 22.7. The Balaban J connectivity index is 2.31. The topological polar surface area (TPSA) is 64.6 Å². The summed E-state index contributed by atoms with van der Waals surface area (Å²) >= 11 is 0. The molecule has 0 saturated carbocycles. The van der Waals surface area contributed by atoms with E-state index in [1.165, 1.54) is 31.4 Å². The van der Waals surface area contributed by atoms with Gasteiger partial charge in [-0.05, 0) is 25.5 Å². The van der Waals surface area contributed by atoms with Crippen LogP contribution in [0.5, 0.6) is 5.75 Å². The molecule has 1 unspecified atom stereocenters. The molecule has 1 N–H and O–H groups in total. The molecule has 0 saturated heterocycles. The molecule has 0 aliphatic carbocycles. The molecule has 1 rings (SSSR count). The average Bonchev–Trinajstić information content (AvgIpc) is 2.46. The van der Waals surface area contributed by atoms with Gasteiger partial charge < -0.3 is 14.8 Å². The molecule has 5 nitrogen and oxygen atoms in total. The van der Waals surface area contributed by atoms with Crippen LogP contribution in [0.2, 0.25) is 0 Å². The second-order valence-electron chi connectivity index (χ2n) is 4.22. The SMILES string of the molecule is COC(=O)/C=C/CCNC(=O)C(C)Oc1cccc(F)c1. The fourth-order valence-corrected chi connectivity index (χ4v) is 1.47. The summed E-state index contributed by atoms with van der Waals surface area (Å²) in [6, 6.07) is 5.59. The summed E-state index contributed by atoms with van der Waals surface area (Å²) in [5.74, 6) is -0.883. The molecule has 6 heteroatoms. The van der Waals surface area contributed by atoms with Gasteiger partial charge in [-0.25, -0.2) is 9.18 Å². The minimum Gasteiger partial charge on any atom is -0.481 e. The number of ether oxygens (including phenoxy) is 2. The van der Waals surface area contributed by atoms with E-state index >= 15 is 0 Å². The molecule has 21 heavy (non-hydrogen) atoms. The Morgan fingerprint density at radius 2 is 2.19 bits per heavy atom. The predicted molar refractivity (Wildman–Crippen MR) is 75.3 cm³/mol. The second kappa shape index (κ2) is 8.73. The highest BCUT2D eigenvalue weighted by atomic mass is 19.1. The summed E-state index contributed by atoms with van der Waals surface area (Å²) in [7, 11) is 1.29. The van der Waals surface area contributed by atoms with E-state index in [9.17, 15) is 14.0 Å². The minimum atomic E-state index is -0.739. The van der Waals surface area contributed by atoms with Crippen molar-refractivity contribution in [2.45, 2.75) is 19.4 Å². The zero-order valence-electron chi connectivity index (χ0n) is 12.0. The van der Waals surface area contributed by atoms with Crippen molar-refractivity contribution in [3.05, 3.63) is 42.2 Å². The Bertz CT molecular complexity index is 516. The lowest BCUT2D eigenvalue weighted by Crippen LogP contribution is -2.36. The van der Waals surface area contributed by atoms with E-state index in [1.54, 1.807) is 19.1 Å². The number of amides is 1. The van der Waals surface area contributed by atoms with Gasteiger partial charge in [0.15, 0.2) is 6.10 Å². The van der Waals surface area contributed by atoms with E-state index in [0.29, 0.717) is 18.7 Å². The molecule has 1 amide bonds. The van der Waals surface area contributed by atoms with Crippen LogP contribution in [0.3, 0.4) is 0 Å². The lowest BCUT2D eigenvalue weighted by molar-refractivity contribution is -0.134. The molecule has 0 aliphatic rings. The monoisotopic (exact) mass is 295 g/mol. The number of carbonyl (C=O) groups excluding carboxylic acids is 2. The van der Waals surface area contributed by atoms with E-state index in [2.05, 4.69) is 10.1 Å². The number of nitrogens with one attached hydrogen (secondary N) is 1. The summed E-state index contributed by atoms with van der Waals surface area (Å²) in [6.07, 6.45) is 2.65. The van der Waals surface area contributed by atoms with E-state index in [4.69, 9.17) is 4.74 Å². The molecule has 1 aromatic rings. The van der Waals surface area contributed by atoms with Gasteiger partial charge in [0.25, 0.3) is 5.91 Å². The van der Waals surface area contributed by atoms with E-state index in [-0.39, 0.29) is 5.91 Å². The molecule has 1 atom stereocenters. The molecule has 0 spiro atoms. The largest absolute Gasteiger partial charge is 0.481 e. The Kier molecular flexibility index (Phi) is 6.94. The van der Waals surface area contributed by atoms with Gasteiger partial charge in [-0.3, -0.25) is 4.79 Å². The first-order valence-electron chi connectivity index (χ1n) is 6.47. The van der Waals surface area contributed by atoms with Gasteiger partial charge in [0, 0.05) is 18.7 Å². The highest BCUT2D eigenvalue weighted by molar-refractivity contribution is 5.82. The standard InChI is InChI=1S/C15H18FNO4/c1-11(21-13-7-5-6-12(16)10-13)15(19)17-9-4-3-8-14(18)20-2/h3,5-8,10-11H,4,9H2,1-2H3,(H,17,19)/b8-3+. The molecule has 114 valence electrons. The third-order valence-electron chi connectivity index (χ3n) is 2.54. The van der Waals surface area contributed by atoms with Crippen molar-refractivity contribution in [3.8, 4) is 5.75 Å². The zero-order valence-corrected chi connectivity index (χ0v) is 12.0. The van der Waals surface area contributed by atoms with E-state index < -0.39 is 17.9 Å². The van der Waals surface area contributed by atoms with Gasteiger partial charge >= 0.3 is 5.97 Å². The van der Waals surface area contributed by atoms with Crippen LogP contribution in [0.4, 0.5) is 4.39 Å². The van der Waals surface area contributed by atoms with Gasteiger partial charge in [0.1, 0.15) is 11.6 Å². The maximum atomic E-state index is 13.0. The number of hydrogen-bond acceptors (Lipinski definition) is 4. The predicted octanol–water partition coefficient (Wildman–Crippen LogP) is 1.83. The first-order valence-corrected chi connectivity index (χ1v) is 6.47. The molecule has 0 aromatic heterocycles. The van der Waals surface area contributed by atoms with Gasteiger partial charge in [0.05, 0.1) is 7.11 Å². The first kappa shape index (κ1) is 16.7. The van der Waals surface area contributed by atoms with Crippen molar-refractivity contribution in [3.63, 3.8) is 0 Å². The molecule has 0 radical (unpaired) electrons. The average molecular weight is 295 g/mol. The summed E-state index contributed by atoms with van der Waals surface area (Å²) in [5.41, 5.74) is 0. The third kappa shape index (κ3) is 6.56. The molecule has 0 aliphatic heterocycles. The molecule has 1 aromatic carbocycles. The molecular weight excluding hydrogens is 277 g/mol. The molecule has 0 bridgehead atoms. The number of rotatable bonds is 7. The highest BCUT2D eigenvalue weighted by Gasteiger charge is 2.13. The third-order valence-corrected chi connectivity index (χ3v) is 2.54. The van der Waals surface area contributed by atoms with Crippen molar-refractivity contribution in [2.24, 2.45) is 0 Å². The Hall–Kier alpha value is -2.37. The van der Waals surface area contributed by atoms with Crippen molar-refractivity contribution < 1.29 is 23.5 Å². The second-order valence-corrected chi connectivity index (χ2v) is 4.22. The van der Waals surface area contributed by atoms with Crippen molar-refractivity contribution >= 4 is 11.9 Å². The van der Waals surface area contributed by atoms with Gasteiger partial charge in [0.2, 0.25) is 0 Å². The fraction of sp³-hybridized carbons (Fsp3) is 0.333. The maximum Gasteiger partial charge on any atom is 0.330 e. The van der Waals surface area contributed by atoms with Crippen LogP contribution in [0.15, 0.2) is 36.4 Å². The lowest BCUT2D eigenvalue weighted by Gasteiger charge is -2.14. The molecule has 0 heterocycles. The fourth-order valence-electron chi connectivity index (χ4n) is 1.47. The van der Waals surface area contributed by atoms with Crippen molar-refractivity contribution in [2.75, 3.05) is 13.7 Å². The Morgan fingerprint density at radius 3 is 2.86 bits per heavy atom. The van der Waals surface area contributed by atoms with Crippen LogP contribution in [0.1, 0.15) is 13.3 Å². The lowest BCUT2D eigenvalue weighted by atomic mass is 10.3. The Morgan fingerprint density at radius 1 is 1.43 bits per heavy atom. The van der Waals surface area contributed by atoms with Crippen LogP contribution in [0.25, 0.3) is 0 Å². The normalized spacial score (nSPS) is 12.0. The Labute approximate surface area is 122 Å².